The average molecular weight is 375 g/mol. The summed E-state index contributed by atoms with van der Waals surface area (Å²) in [6.07, 6.45) is 0. The van der Waals surface area contributed by atoms with Gasteiger partial charge in [0.2, 0.25) is 5.91 Å². The maximum absolute atomic E-state index is 12.9. The summed E-state index contributed by atoms with van der Waals surface area (Å²) < 4.78 is 5.78. The fraction of sp³-hybridized carbons (Fsp3) is 0.667. The van der Waals surface area contributed by atoms with Gasteiger partial charge in [-0.25, -0.2) is 0 Å². The molecule has 0 bridgehead atoms. The molecule has 0 radical (unpaired) electrons. The molecular formula is C21H34N4O2. The predicted molar refractivity (Wildman–Crippen MR) is 110 cm³/mol. The second-order valence-electron chi connectivity index (χ2n) is 7.36. The standard InChI is InChI=1S/C21H34N4O2/c1-4-22-10-12-25(13-11-22)21(26)18(3)23-14-16-24(17-15-23)19-8-6-7-9-20(19)27-5-2/h6-9,18H,4-5,10-17H2,1-3H3. The molecule has 1 aromatic rings. The number of ether oxygens (including phenoxy) is 1. The molecular weight excluding hydrogens is 340 g/mol. The van der Waals surface area contributed by atoms with Crippen LogP contribution in [0.2, 0.25) is 0 Å². The van der Waals surface area contributed by atoms with Gasteiger partial charge in [0.25, 0.3) is 0 Å². The predicted octanol–water partition coefficient (Wildman–Crippen LogP) is 1.76. The van der Waals surface area contributed by atoms with E-state index in [4.69, 9.17) is 4.74 Å². The maximum Gasteiger partial charge on any atom is 0.239 e. The molecule has 6 nitrogen and oxygen atoms in total. The van der Waals surface area contributed by atoms with E-state index in [0.29, 0.717) is 6.61 Å². The molecule has 0 N–H and O–H groups in total. The SMILES string of the molecule is CCOc1ccccc1N1CCN(C(C)C(=O)N2CCN(CC)CC2)CC1. The molecule has 2 aliphatic heterocycles. The number of anilines is 1. The van der Waals surface area contributed by atoms with Crippen LogP contribution < -0.4 is 9.64 Å². The molecule has 0 spiro atoms. The van der Waals surface area contributed by atoms with Crippen molar-refractivity contribution < 1.29 is 9.53 Å². The van der Waals surface area contributed by atoms with Gasteiger partial charge >= 0.3 is 0 Å². The number of hydrogen-bond acceptors (Lipinski definition) is 5. The summed E-state index contributed by atoms with van der Waals surface area (Å²) in [5.41, 5.74) is 1.16. The minimum Gasteiger partial charge on any atom is -0.492 e. The molecule has 2 heterocycles. The first-order chi connectivity index (χ1) is 13.1. The maximum atomic E-state index is 12.9. The first-order valence-corrected chi connectivity index (χ1v) is 10.4. The van der Waals surface area contributed by atoms with Crippen molar-refractivity contribution in [2.75, 3.05) is 70.4 Å². The van der Waals surface area contributed by atoms with E-state index in [1.165, 1.54) is 0 Å². The molecule has 2 saturated heterocycles. The summed E-state index contributed by atoms with van der Waals surface area (Å²) in [5, 5.41) is 0. The third kappa shape index (κ3) is 4.74. The molecule has 150 valence electrons. The molecule has 1 amide bonds. The highest BCUT2D eigenvalue weighted by atomic mass is 16.5. The molecule has 2 aliphatic rings. The normalized spacial score (nSPS) is 20.6. The fourth-order valence-electron chi connectivity index (χ4n) is 4.05. The molecule has 0 saturated carbocycles. The molecule has 1 unspecified atom stereocenters. The molecule has 1 atom stereocenters. The Bertz CT molecular complexity index is 608. The number of carbonyl (C=O) groups excluding carboxylic acids is 1. The minimum absolute atomic E-state index is 0.0394. The number of para-hydroxylation sites is 2. The Hall–Kier alpha value is -1.79. The van der Waals surface area contributed by atoms with Crippen LogP contribution in [0.25, 0.3) is 0 Å². The Labute approximate surface area is 163 Å². The van der Waals surface area contributed by atoms with E-state index in [1.54, 1.807) is 0 Å². The molecule has 3 rings (SSSR count). The quantitative estimate of drug-likeness (QED) is 0.759. The molecule has 0 aromatic heterocycles. The van der Waals surface area contributed by atoms with Crippen LogP contribution in [0.4, 0.5) is 5.69 Å². The van der Waals surface area contributed by atoms with Gasteiger partial charge in [0.1, 0.15) is 5.75 Å². The van der Waals surface area contributed by atoms with E-state index in [9.17, 15) is 4.79 Å². The lowest BCUT2D eigenvalue weighted by atomic mass is 10.1. The Morgan fingerprint density at radius 2 is 1.67 bits per heavy atom. The summed E-state index contributed by atoms with van der Waals surface area (Å²) in [5.74, 6) is 1.24. The Balaban J connectivity index is 1.53. The van der Waals surface area contributed by atoms with Crippen LogP contribution in [-0.4, -0.2) is 92.2 Å². The van der Waals surface area contributed by atoms with E-state index >= 15 is 0 Å². The summed E-state index contributed by atoms with van der Waals surface area (Å²) in [6.45, 7) is 15.4. The summed E-state index contributed by atoms with van der Waals surface area (Å²) in [7, 11) is 0. The van der Waals surface area contributed by atoms with E-state index in [-0.39, 0.29) is 11.9 Å². The zero-order valence-corrected chi connectivity index (χ0v) is 17.1. The summed E-state index contributed by atoms with van der Waals surface area (Å²) in [6, 6.07) is 8.20. The van der Waals surface area contributed by atoms with E-state index in [1.807, 2.05) is 24.0 Å². The molecule has 1 aromatic carbocycles. The molecule has 2 fully saturated rings. The monoisotopic (exact) mass is 374 g/mol. The lowest BCUT2D eigenvalue weighted by molar-refractivity contribution is -0.138. The summed E-state index contributed by atoms with van der Waals surface area (Å²) in [4.78, 5) is 22.1. The third-order valence-corrected chi connectivity index (χ3v) is 5.86. The van der Waals surface area contributed by atoms with Crippen molar-refractivity contribution in [1.29, 1.82) is 0 Å². The number of piperazine rings is 2. The van der Waals surface area contributed by atoms with Gasteiger partial charge < -0.3 is 19.4 Å². The van der Waals surface area contributed by atoms with Crippen molar-refractivity contribution in [3.05, 3.63) is 24.3 Å². The van der Waals surface area contributed by atoms with Gasteiger partial charge in [-0.15, -0.1) is 0 Å². The highest BCUT2D eigenvalue weighted by Crippen LogP contribution is 2.29. The zero-order chi connectivity index (χ0) is 19.2. The average Bonchev–Trinajstić information content (AvgIpc) is 2.73. The molecule has 6 heteroatoms. The number of hydrogen-bond donors (Lipinski definition) is 0. The lowest BCUT2D eigenvalue weighted by Crippen LogP contribution is -2.57. The van der Waals surface area contributed by atoms with Crippen molar-refractivity contribution in [3.8, 4) is 5.75 Å². The number of likely N-dealkylation sites (N-methyl/N-ethyl adjacent to an activating group) is 1. The second kappa shape index (κ2) is 9.42. The zero-order valence-electron chi connectivity index (χ0n) is 17.1. The van der Waals surface area contributed by atoms with Crippen LogP contribution in [0.1, 0.15) is 20.8 Å². The topological polar surface area (TPSA) is 39.3 Å². The number of benzene rings is 1. The van der Waals surface area contributed by atoms with Gasteiger partial charge in [-0.3, -0.25) is 9.69 Å². The highest BCUT2D eigenvalue weighted by Gasteiger charge is 2.30. The molecule has 27 heavy (non-hydrogen) atoms. The van der Waals surface area contributed by atoms with Crippen molar-refractivity contribution >= 4 is 11.6 Å². The largest absolute Gasteiger partial charge is 0.492 e. The summed E-state index contributed by atoms with van der Waals surface area (Å²) >= 11 is 0. The van der Waals surface area contributed by atoms with Gasteiger partial charge in [0, 0.05) is 52.4 Å². The molecule has 0 aliphatic carbocycles. The number of carbonyl (C=O) groups is 1. The van der Waals surface area contributed by atoms with E-state index in [2.05, 4.69) is 40.7 Å². The number of nitrogens with zero attached hydrogens (tertiary/aromatic N) is 4. The van der Waals surface area contributed by atoms with Gasteiger partial charge in [0.05, 0.1) is 18.3 Å². The smallest absolute Gasteiger partial charge is 0.239 e. The minimum atomic E-state index is -0.0394. The van der Waals surface area contributed by atoms with Gasteiger partial charge in [-0.05, 0) is 32.5 Å². The number of rotatable bonds is 6. The number of amides is 1. The van der Waals surface area contributed by atoms with Crippen LogP contribution in [0.15, 0.2) is 24.3 Å². The Morgan fingerprint density at radius 3 is 2.30 bits per heavy atom. The van der Waals surface area contributed by atoms with Crippen LogP contribution in [0, 0.1) is 0 Å². The third-order valence-electron chi connectivity index (χ3n) is 5.86. The van der Waals surface area contributed by atoms with Crippen molar-refractivity contribution in [1.82, 2.24) is 14.7 Å². The fourth-order valence-corrected chi connectivity index (χ4v) is 4.05. The highest BCUT2D eigenvalue weighted by molar-refractivity contribution is 5.81. The van der Waals surface area contributed by atoms with E-state index in [0.717, 1.165) is 70.3 Å². The first-order valence-electron chi connectivity index (χ1n) is 10.4. The van der Waals surface area contributed by atoms with Crippen molar-refractivity contribution in [2.24, 2.45) is 0 Å². The van der Waals surface area contributed by atoms with Crippen LogP contribution in [-0.2, 0) is 4.79 Å². The van der Waals surface area contributed by atoms with Crippen LogP contribution in [0.3, 0.4) is 0 Å². The Kier molecular flexibility index (Phi) is 6.96. The van der Waals surface area contributed by atoms with Crippen LogP contribution >= 0.6 is 0 Å². The second-order valence-corrected chi connectivity index (χ2v) is 7.36. The van der Waals surface area contributed by atoms with Gasteiger partial charge in [-0.2, -0.15) is 0 Å². The van der Waals surface area contributed by atoms with Crippen LogP contribution in [0.5, 0.6) is 5.75 Å². The van der Waals surface area contributed by atoms with Gasteiger partial charge in [0.15, 0.2) is 0 Å². The Morgan fingerprint density at radius 1 is 1.00 bits per heavy atom. The van der Waals surface area contributed by atoms with E-state index < -0.39 is 0 Å². The lowest BCUT2D eigenvalue weighted by Gasteiger charge is -2.41. The van der Waals surface area contributed by atoms with Crippen molar-refractivity contribution in [3.63, 3.8) is 0 Å². The van der Waals surface area contributed by atoms with Crippen molar-refractivity contribution in [2.45, 2.75) is 26.8 Å². The van der Waals surface area contributed by atoms with Gasteiger partial charge in [-0.1, -0.05) is 19.1 Å². The first kappa shape index (κ1) is 20.0.